The normalized spacial score (nSPS) is 9.88. The molecule has 16 heavy (non-hydrogen) atoms. The van der Waals surface area contributed by atoms with E-state index in [1.54, 1.807) is 0 Å². The maximum atomic E-state index is 11.0. The highest BCUT2D eigenvalue weighted by molar-refractivity contribution is 5.75. The second-order valence-corrected chi connectivity index (χ2v) is 2.87. The summed E-state index contributed by atoms with van der Waals surface area (Å²) in [6.07, 6.45) is 0. The molecule has 1 aromatic heterocycles. The molecule has 0 unspecified atom stereocenters. The third kappa shape index (κ3) is 3.60. The van der Waals surface area contributed by atoms with Gasteiger partial charge in [-0.2, -0.15) is 0 Å². The molecule has 0 aromatic carbocycles. The molecule has 0 aliphatic heterocycles. The van der Waals surface area contributed by atoms with Gasteiger partial charge < -0.3 is 18.3 Å². The summed E-state index contributed by atoms with van der Waals surface area (Å²) < 4.78 is 18.2. The van der Waals surface area contributed by atoms with E-state index in [0.29, 0.717) is 0 Å². The molecule has 1 heterocycles. The van der Waals surface area contributed by atoms with Crippen molar-refractivity contribution in [3.63, 3.8) is 0 Å². The number of aryl methyl sites for hydroxylation is 1. The molecule has 7 heteroatoms. The molecular weight excluding hydrogens is 220 g/mol. The van der Waals surface area contributed by atoms with Crippen LogP contribution in [0, 0.1) is 6.92 Å². The van der Waals surface area contributed by atoms with Crippen molar-refractivity contribution in [1.82, 2.24) is 0 Å². The van der Waals surface area contributed by atoms with Crippen LogP contribution in [0.25, 0.3) is 0 Å². The van der Waals surface area contributed by atoms with Crippen LogP contribution in [0.2, 0.25) is 0 Å². The highest BCUT2D eigenvalue weighted by atomic mass is 16.6. The van der Waals surface area contributed by atoms with Gasteiger partial charge in [0.2, 0.25) is 0 Å². The van der Waals surface area contributed by atoms with Crippen LogP contribution >= 0.6 is 0 Å². The molecule has 0 fully saturated rings. The standard InChI is InChI=1S/C9H10O7/c1-5-7(16-9(12)15-5)3-14-8(11)4-13-6(2)10/h3-4H2,1-2H3. The summed E-state index contributed by atoms with van der Waals surface area (Å²) in [7, 11) is 0. The van der Waals surface area contributed by atoms with Crippen LogP contribution in [0.5, 0.6) is 0 Å². The zero-order valence-corrected chi connectivity index (χ0v) is 8.77. The molecule has 0 atom stereocenters. The Morgan fingerprint density at radius 3 is 2.44 bits per heavy atom. The fourth-order valence-corrected chi connectivity index (χ4v) is 0.855. The van der Waals surface area contributed by atoms with Gasteiger partial charge in [0.1, 0.15) is 0 Å². The zero-order chi connectivity index (χ0) is 12.1. The summed E-state index contributed by atoms with van der Waals surface area (Å²) in [5.74, 6) is -1.81. The van der Waals surface area contributed by atoms with E-state index in [-0.39, 0.29) is 18.1 Å². The molecule has 1 rings (SSSR count). The third-order valence-electron chi connectivity index (χ3n) is 1.59. The van der Waals surface area contributed by atoms with Crippen molar-refractivity contribution in [3.8, 4) is 0 Å². The van der Waals surface area contributed by atoms with Gasteiger partial charge in [-0.25, -0.2) is 9.59 Å². The Bertz CT molecular complexity index is 439. The van der Waals surface area contributed by atoms with Gasteiger partial charge in [-0.3, -0.25) is 4.79 Å². The molecule has 0 spiro atoms. The van der Waals surface area contributed by atoms with Crippen molar-refractivity contribution in [2.45, 2.75) is 20.5 Å². The molecule has 0 aliphatic rings. The monoisotopic (exact) mass is 230 g/mol. The van der Waals surface area contributed by atoms with Crippen LogP contribution in [0.3, 0.4) is 0 Å². The van der Waals surface area contributed by atoms with Gasteiger partial charge >= 0.3 is 17.8 Å². The minimum absolute atomic E-state index is 0.126. The van der Waals surface area contributed by atoms with Crippen molar-refractivity contribution in [2.24, 2.45) is 0 Å². The Hall–Kier alpha value is -2.05. The molecule has 0 radical (unpaired) electrons. The average Bonchev–Trinajstić information content (AvgIpc) is 2.51. The predicted molar refractivity (Wildman–Crippen MR) is 48.4 cm³/mol. The van der Waals surface area contributed by atoms with Crippen LogP contribution in [-0.4, -0.2) is 18.5 Å². The minimum atomic E-state index is -0.858. The highest BCUT2D eigenvalue weighted by Gasteiger charge is 2.12. The van der Waals surface area contributed by atoms with E-state index < -0.39 is 24.4 Å². The Morgan fingerprint density at radius 1 is 1.25 bits per heavy atom. The largest absolute Gasteiger partial charge is 0.519 e. The Balaban J connectivity index is 2.40. The number of carbonyl (C=O) groups is 2. The highest BCUT2D eigenvalue weighted by Crippen LogP contribution is 2.06. The molecule has 0 saturated carbocycles. The maximum Gasteiger partial charge on any atom is 0.519 e. The third-order valence-corrected chi connectivity index (χ3v) is 1.59. The quantitative estimate of drug-likeness (QED) is 0.679. The second kappa shape index (κ2) is 5.15. The molecule has 7 nitrogen and oxygen atoms in total. The van der Waals surface area contributed by atoms with Gasteiger partial charge in [0.25, 0.3) is 0 Å². The van der Waals surface area contributed by atoms with E-state index in [9.17, 15) is 14.4 Å². The van der Waals surface area contributed by atoms with E-state index in [4.69, 9.17) is 0 Å². The zero-order valence-electron chi connectivity index (χ0n) is 8.77. The molecule has 0 saturated heterocycles. The molecule has 0 bridgehead atoms. The van der Waals surface area contributed by atoms with Crippen LogP contribution in [0.4, 0.5) is 0 Å². The molecule has 88 valence electrons. The summed E-state index contributed by atoms with van der Waals surface area (Å²) in [5.41, 5.74) is 0. The topological polar surface area (TPSA) is 96.0 Å². The number of carbonyl (C=O) groups excluding carboxylic acids is 2. The lowest BCUT2D eigenvalue weighted by Gasteiger charge is -2.02. The van der Waals surface area contributed by atoms with Gasteiger partial charge in [0.15, 0.2) is 24.7 Å². The SMILES string of the molecule is CC(=O)OCC(=O)OCc1oc(=O)oc1C. The van der Waals surface area contributed by atoms with Crippen LogP contribution in [0.1, 0.15) is 18.4 Å². The lowest BCUT2D eigenvalue weighted by Crippen LogP contribution is -2.14. The fraction of sp³-hybridized carbons (Fsp3) is 0.444. The molecule has 0 amide bonds. The van der Waals surface area contributed by atoms with E-state index in [1.165, 1.54) is 13.8 Å². The first-order valence-corrected chi connectivity index (χ1v) is 4.37. The molecule has 1 aromatic rings. The number of ether oxygens (including phenoxy) is 2. The fourth-order valence-electron chi connectivity index (χ4n) is 0.855. The van der Waals surface area contributed by atoms with Crippen LogP contribution < -0.4 is 5.82 Å². The van der Waals surface area contributed by atoms with Crippen molar-refractivity contribution >= 4 is 11.9 Å². The smallest absolute Gasteiger partial charge is 0.455 e. The van der Waals surface area contributed by atoms with Crippen molar-refractivity contribution < 1.29 is 27.9 Å². The number of rotatable bonds is 4. The molecule has 0 aliphatic carbocycles. The van der Waals surface area contributed by atoms with E-state index in [2.05, 4.69) is 18.3 Å². The van der Waals surface area contributed by atoms with Gasteiger partial charge in [-0.05, 0) is 6.92 Å². The number of esters is 2. The average molecular weight is 230 g/mol. The van der Waals surface area contributed by atoms with Crippen molar-refractivity contribution in [2.75, 3.05) is 6.61 Å². The lowest BCUT2D eigenvalue weighted by atomic mass is 10.4. The Morgan fingerprint density at radius 2 is 1.94 bits per heavy atom. The molecular formula is C9H10O7. The van der Waals surface area contributed by atoms with Gasteiger partial charge in [-0.15, -0.1) is 0 Å². The van der Waals surface area contributed by atoms with Gasteiger partial charge in [-0.1, -0.05) is 0 Å². The summed E-state index contributed by atoms with van der Waals surface area (Å²) in [4.78, 5) is 32.0. The van der Waals surface area contributed by atoms with Crippen molar-refractivity contribution in [3.05, 3.63) is 22.1 Å². The lowest BCUT2D eigenvalue weighted by molar-refractivity contribution is -0.158. The second-order valence-electron chi connectivity index (χ2n) is 2.87. The predicted octanol–water partition coefficient (Wildman–Crippen LogP) is 0.148. The van der Waals surface area contributed by atoms with E-state index >= 15 is 0 Å². The first kappa shape index (κ1) is 12.0. The maximum absolute atomic E-state index is 11.0. The summed E-state index contributed by atoms with van der Waals surface area (Å²) in [6.45, 7) is 1.96. The first-order chi connectivity index (χ1) is 7.49. The summed E-state index contributed by atoms with van der Waals surface area (Å²) >= 11 is 0. The van der Waals surface area contributed by atoms with E-state index in [1.807, 2.05) is 0 Å². The van der Waals surface area contributed by atoms with Crippen LogP contribution in [0.15, 0.2) is 13.6 Å². The van der Waals surface area contributed by atoms with Gasteiger partial charge in [0, 0.05) is 6.92 Å². The van der Waals surface area contributed by atoms with Crippen LogP contribution in [-0.2, 0) is 25.7 Å². The minimum Gasteiger partial charge on any atom is -0.455 e. The van der Waals surface area contributed by atoms with Crippen molar-refractivity contribution in [1.29, 1.82) is 0 Å². The number of hydrogen-bond acceptors (Lipinski definition) is 7. The Kier molecular flexibility index (Phi) is 3.87. The molecule has 0 N–H and O–H groups in total. The summed E-state index contributed by atoms with van der Waals surface area (Å²) in [6, 6.07) is 0. The number of hydrogen-bond donors (Lipinski definition) is 0. The van der Waals surface area contributed by atoms with Gasteiger partial charge in [0.05, 0.1) is 0 Å². The van der Waals surface area contributed by atoms with E-state index in [0.717, 1.165) is 0 Å². The Labute approximate surface area is 89.9 Å². The summed E-state index contributed by atoms with van der Waals surface area (Å²) in [5, 5.41) is 0. The first-order valence-electron chi connectivity index (χ1n) is 4.37.